The lowest BCUT2D eigenvalue weighted by Gasteiger charge is -1.57. The van der Waals surface area contributed by atoms with Crippen molar-refractivity contribution in [1.82, 2.24) is 0 Å². The molecule has 0 aromatic carbocycles. The molecule has 0 saturated carbocycles. The minimum atomic E-state index is -1.50. The molecule has 0 aromatic rings. The molecule has 0 aromatic heterocycles. The third-order valence-electron chi connectivity index (χ3n) is 2.07. The molecule has 0 rings (SSSR count). The summed E-state index contributed by atoms with van der Waals surface area (Å²) in [5.41, 5.74) is 0. The van der Waals surface area contributed by atoms with Gasteiger partial charge in [-0.3, -0.25) is 0 Å². The van der Waals surface area contributed by atoms with Crippen molar-refractivity contribution in [2.24, 2.45) is 0 Å². The second-order valence-electron chi connectivity index (χ2n) is 4.51. The van der Waals surface area contributed by atoms with E-state index in [0.29, 0.717) is 0 Å². The van der Waals surface area contributed by atoms with Crippen LogP contribution >= 0.6 is 0 Å². The number of terminal acetylenes is 1. The number of hydrogen-bond acceptors (Lipinski definition) is 2. The highest BCUT2D eigenvalue weighted by atomic mass is 16.9. The molecule has 0 aliphatic carbocycles. The maximum Gasteiger partial charge on any atom is 0.291 e. The highest BCUT2D eigenvalue weighted by Gasteiger charge is 1.65. The number of rotatable bonds is 0. The van der Waals surface area contributed by atoms with Gasteiger partial charge in [0.1, 0.15) is 0 Å². The Morgan fingerprint density at radius 1 is 0.450 bits per heavy atom. The van der Waals surface area contributed by atoms with E-state index in [9.17, 15) is 0 Å². The van der Waals surface area contributed by atoms with Crippen LogP contribution in [0.3, 0.4) is 0 Å². The van der Waals surface area contributed by atoms with Gasteiger partial charge in [0.2, 0.25) is 0 Å². The lowest BCUT2D eigenvalue weighted by atomic mass is 10.4. The molecule has 0 bridgehead atoms. The topological polar surface area (TPSA) is 63.4 Å². The van der Waals surface area contributed by atoms with Crippen LogP contribution in [0.5, 0.6) is 0 Å². The van der Waals surface area contributed by atoms with Crippen molar-refractivity contribution in [2.45, 2.75) is 14.4 Å². The van der Waals surface area contributed by atoms with Crippen LogP contribution in [0.15, 0.2) is 0 Å². The SMILES string of the molecule is C.C#CC#CC#CC#CC#CC#CC#CC#CC#CC#CC#CC#CC#CC#CC#CC#CC#CC.O=[N+]([O-])O.[HH].[HH].[HH].[HH].[HH].[HH].[HH].[HH].[HH].[HH].[HH].[HH].[HH].[HH].[HH].[HH].[HH].[HH].[HH].[HH].[HH].[HH].[HH].[HH]. The molecule has 224 valence electrons. The van der Waals surface area contributed by atoms with Crippen LogP contribution in [-0.2, 0) is 0 Å². The fourth-order valence-electron chi connectivity index (χ4n) is 1.00. The molecule has 0 aliphatic heterocycles. The van der Waals surface area contributed by atoms with E-state index in [1.807, 2.05) is 0 Å². The number of hydrogen-bond donors (Lipinski definition) is 1. The van der Waals surface area contributed by atoms with Gasteiger partial charge in [-0.25, -0.2) is 0 Å². The second kappa shape index (κ2) is 35.3. The molecule has 0 atom stereocenters. The molecule has 0 unspecified atom stereocenters. The molecular weight excluding hydrogens is 494 g/mol. The van der Waals surface area contributed by atoms with Gasteiger partial charge in [0.05, 0.1) is 0 Å². The first-order chi connectivity index (χ1) is 19.1. The van der Waals surface area contributed by atoms with Crippen molar-refractivity contribution in [2.75, 3.05) is 0 Å². The smallest absolute Gasteiger partial charge is 0.291 e. The standard InChI is InChI=1S/C35H4.CH4.HNO3.24H2/c1-3-5-7-9-11-13-15-17-19-21-23-25-27-29-31-33-35-34-32-30-28-26-24-22-20-18-16-14-12-10-8-6-4-2;;2-1(3)4;;;;;;;;;;;;;;;;;;;;;;;;/h1H,2H3;1H4;(H,2,3,4);24*1H. The van der Waals surface area contributed by atoms with Crippen molar-refractivity contribution in [1.29, 1.82) is 0 Å². The largest absolute Gasteiger partial charge is 0.328 e. The monoisotopic (exact) mass is 551 g/mol. The maximum absolute atomic E-state index is 8.36. The van der Waals surface area contributed by atoms with E-state index in [0.717, 1.165) is 0 Å². The Morgan fingerprint density at radius 2 is 0.575 bits per heavy atom. The quantitative estimate of drug-likeness (QED) is 0.203. The summed E-state index contributed by atoms with van der Waals surface area (Å²) in [5.74, 6) is 81.9. The summed E-state index contributed by atoms with van der Waals surface area (Å²) in [4.78, 5) is 8.36. The predicted octanol–water partition coefficient (Wildman–Crippen LogP) is 6.89. The Morgan fingerprint density at radius 3 is 0.700 bits per heavy atom. The molecule has 1 N–H and O–H groups in total. The highest BCUT2D eigenvalue weighted by molar-refractivity contribution is 5.49. The van der Waals surface area contributed by atoms with Crippen molar-refractivity contribution in [3.63, 3.8) is 0 Å². The fourth-order valence-corrected chi connectivity index (χ4v) is 1.00. The van der Waals surface area contributed by atoms with E-state index >= 15 is 0 Å². The summed E-state index contributed by atoms with van der Waals surface area (Å²) >= 11 is 0. The summed E-state index contributed by atoms with van der Waals surface area (Å²) in [5, 5.41) is 13.6. The zero-order valence-electron chi connectivity index (χ0n) is 19.8. The highest BCUT2D eigenvalue weighted by Crippen LogP contribution is 1.60. The zero-order valence-corrected chi connectivity index (χ0v) is 19.8. The Bertz CT molecular complexity index is 2110. The molecule has 4 nitrogen and oxygen atoms in total. The normalized spacial score (nSPS) is 4.00. The van der Waals surface area contributed by atoms with Crippen LogP contribution in [0.4, 0.5) is 0 Å². The molecule has 0 saturated heterocycles. The van der Waals surface area contributed by atoms with Crippen LogP contribution in [0, 0.1) is 212 Å². The summed E-state index contributed by atoms with van der Waals surface area (Å²) in [7, 11) is 0. The van der Waals surface area contributed by atoms with Gasteiger partial charge < -0.3 is 5.21 Å². The summed E-state index contributed by atoms with van der Waals surface area (Å²) in [6.45, 7) is 1.69. The molecule has 0 aliphatic rings. The van der Waals surface area contributed by atoms with Crippen LogP contribution in [0.1, 0.15) is 48.6 Å². The first kappa shape index (κ1) is 36.3. The van der Waals surface area contributed by atoms with Crippen molar-refractivity contribution >= 4 is 0 Å². The van der Waals surface area contributed by atoms with Crippen LogP contribution < -0.4 is 0 Å². The lowest BCUT2D eigenvalue weighted by Crippen LogP contribution is -1.81. The van der Waals surface area contributed by atoms with Gasteiger partial charge in [-0.15, -0.1) is 16.5 Å². The average Bonchev–Trinajstić information content (AvgIpc) is 2.91. The van der Waals surface area contributed by atoms with Gasteiger partial charge in [0, 0.05) is 129 Å². The minimum Gasteiger partial charge on any atom is -0.328 e. The molecule has 0 heterocycles. The summed E-state index contributed by atoms with van der Waals surface area (Å²) < 4.78 is 0. The molecule has 4 heteroatoms. The van der Waals surface area contributed by atoms with E-state index in [1.54, 1.807) is 6.92 Å². The van der Waals surface area contributed by atoms with Crippen LogP contribution in [-0.4, -0.2) is 10.3 Å². The van der Waals surface area contributed by atoms with Crippen LogP contribution in [0.2, 0.25) is 0 Å². The van der Waals surface area contributed by atoms with Crippen molar-refractivity contribution in [3.05, 3.63) is 10.1 Å². The maximum atomic E-state index is 8.36. The Kier molecular flexibility index (Phi) is 32.0. The summed E-state index contributed by atoms with van der Waals surface area (Å²) in [6, 6.07) is 0. The average molecular weight is 552 g/mol. The van der Waals surface area contributed by atoms with Gasteiger partial charge in [0.15, 0.2) is 0 Å². The van der Waals surface area contributed by atoms with Crippen molar-refractivity contribution in [3.8, 4) is 202 Å². The third kappa shape index (κ3) is 43.6. The zero-order chi connectivity index (χ0) is 28.9. The molecule has 0 fully saturated rings. The Labute approximate surface area is 272 Å². The molecule has 0 amide bonds. The van der Waals surface area contributed by atoms with Gasteiger partial charge in [-0.2, -0.15) is 0 Å². The van der Waals surface area contributed by atoms with Crippen LogP contribution in [0.25, 0.3) is 0 Å². The van der Waals surface area contributed by atoms with Gasteiger partial charge in [-0.1, -0.05) is 13.3 Å². The second-order valence-corrected chi connectivity index (χ2v) is 4.51. The van der Waals surface area contributed by atoms with Gasteiger partial charge in [-0.05, 0) is 102 Å². The van der Waals surface area contributed by atoms with E-state index in [-0.39, 0.29) is 41.7 Å². The lowest BCUT2D eigenvalue weighted by molar-refractivity contribution is -0.742. The molecular formula is C36H57NO3. The van der Waals surface area contributed by atoms with E-state index in [4.69, 9.17) is 21.7 Å². The fraction of sp³-hybridized carbons (Fsp3) is 0.0556. The van der Waals surface area contributed by atoms with Gasteiger partial charge in [0.25, 0.3) is 5.09 Å². The molecule has 40 heavy (non-hydrogen) atoms. The van der Waals surface area contributed by atoms with E-state index in [2.05, 4.69) is 195 Å². The Balaban J connectivity index is -0.0000000181. The molecule has 0 spiro atoms. The Hall–Kier alpha value is -8.28. The van der Waals surface area contributed by atoms with Crippen molar-refractivity contribution < 1.29 is 44.5 Å². The number of nitrogens with zero attached hydrogens (tertiary/aromatic N) is 1. The first-order valence-electron chi connectivity index (χ1n) is 9.35. The summed E-state index contributed by atoms with van der Waals surface area (Å²) in [6.07, 6.45) is 4.93. The van der Waals surface area contributed by atoms with E-state index < -0.39 is 5.09 Å². The predicted molar refractivity (Wildman–Crippen MR) is 205 cm³/mol. The molecule has 0 radical (unpaired) electrons. The third-order valence-corrected chi connectivity index (χ3v) is 2.07. The van der Waals surface area contributed by atoms with Gasteiger partial charge >= 0.3 is 0 Å². The first-order valence-corrected chi connectivity index (χ1v) is 9.35. The minimum absolute atomic E-state index is 0. The van der Waals surface area contributed by atoms with E-state index in [1.165, 1.54) is 0 Å².